The van der Waals surface area contributed by atoms with Crippen molar-refractivity contribution < 1.29 is 41.8 Å². The molecule has 0 aromatic heterocycles. The molecule has 1 saturated carbocycles. The molecule has 35 heavy (non-hydrogen) atoms. The molecule has 186 valence electrons. The van der Waals surface area contributed by atoms with Crippen molar-refractivity contribution in [3.8, 4) is 11.1 Å². The SMILES string of the molecule is O=C(NCC1C(C(=O)NC(CC(F)F)C(=O)O)C1(F)F)OCC1c2ccccc2-c2ccccc21. The van der Waals surface area contributed by atoms with Gasteiger partial charge in [-0.15, -0.1) is 0 Å². The van der Waals surface area contributed by atoms with Gasteiger partial charge in [0.1, 0.15) is 18.6 Å². The third-order valence-corrected chi connectivity index (χ3v) is 6.32. The van der Waals surface area contributed by atoms with E-state index in [1.165, 1.54) is 0 Å². The van der Waals surface area contributed by atoms with Crippen LogP contribution in [0.2, 0.25) is 0 Å². The molecule has 0 heterocycles. The molecule has 0 saturated heterocycles. The molecule has 3 atom stereocenters. The molecule has 3 N–H and O–H groups in total. The molecule has 2 amide bonds. The van der Waals surface area contributed by atoms with Crippen LogP contribution in [-0.2, 0) is 14.3 Å². The van der Waals surface area contributed by atoms with Crippen molar-refractivity contribution in [3.63, 3.8) is 0 Å². The number of fused-ring (bicyclic) bond motifs is 3. The first-order valence-electron chi connectivity index (χ1n) is 10.9. The summed E-state index contributed by atoms with van der Waals surface area (Å²) in [6.45, 7) is -0.632. The Morgan fingerprint density at radius 3 is 2.11 bits per heavy atom. The Hall–Kier alpha value is -3.63. The topological polar surface area (TPSA) is 105 Å². The fourth-order valence-electron chi connectivity index (χ4n) is 4.51. The lowest BCUT2D eigenvalue weighted by Gasteiger charge is -2.14. The number of benzene rings is 2. The number of nitrogens with one attached hydrogen (secondary N) is 2. The fraction of sp³-hybridized carbons (Fsp3) is 0.375. The highest BCUT2D eigenvalue weighted by molar-refractivity contribution is 5.88. The molecule has 2 aliphatic carbocycles. The third kappa shape index (κ3) is 4.94. The maximum Gasteiger partial charge on any atom is 0.407 e. The number of carbonyl (C=O) groups is 3. The highest BCUT2D eigenvalue weighted by Gasteiger charge is 2.71. The van der Waals surface area contributed by atoms with Crippen LogP contribution in [0.25, 0.3) is 11.1 Å². The molecule has 11 heteroatoms. The second-order valence-electron chi connectivity index (χ2n) is 8.49. The zero-order chi connectivity index (χ0) is 25.3. The van der Waals surface area contributed by atoms with Crippen molar-refractivity contribution in [2.24, 2.45) is 11.8 Å². The van der Waals surface area contributed by atoms with Crippen LogP contribution in [0.1, 0.15) is 23.5 Å². The first-order valence-corrected chi connectivity index (χ1v) is 10.9. The number of amides is 2. The van der Waals surface area contributed by atoms with Crippen molar-refractivity contribution in [1.82, 2.24) is 10.6 Å². The second kappa shape index (κ2) is 9.55. The smallest absolute Gasteiger partial charge is 0.407 e. The van der Waals surface area contributed by atoms with E-state index in [-0.39, 0.29) is 12.5 Å². The quantitative estimate of drug-likeness (QED) is 0.462. The minimum absolute atomic E-state index is 0.0290. The van der Waals surface area contributed by atoms with Gasteiger partial charge in [-0.25, -0.2) is 27.2 Å². The van der Waals surface area contributed by atoms with Gasteiger partial charge < -0.3 is 20.5 Å². The molecular formula is C24H22F4N2O5. The Kier molecular flexibility index (Phi) is 6.68. The molecule has 0 radical (unpaired) electrons. The van der Waals surface area contributed by atoms with Crippen LogP contribution in [0.5, 0.6) is 0 Å². The summed E-state index contributed by atoms with van der Waals surface area (Å²) < 4.78 is 58.4. The van der Waals surface area contributed by atoms with Crippen molar-refractivity contribution in [1.29, 1.82) is 0 Å². The first kappa shape index (κ1) is 24.5. The number of hydrogen-bond acceptors (Lipinski definition) is 4. The fourth-order valence-corrected chi connectivity index (χ4v) is 4.51. The van der Waals surface area contributed by atoms with E-state index in [1.807, 2.05) is 48.5 Å². The highest BCUT2D eigenvalue weighted by Crippen LogP contribution is 2.55. The number of ether oxygens (including phenoxy) is 1. The molecule has 0 bridgehead atoms. The van der Waals surface area contributed by atoms with Gasteiger partial charge in [0.2, 0.25) is 12.3 Å². The number of rotatable bonds is 9. The summed E-state index contributed by atoms with van der Waals surface area (Å²) in [5.41, 5.74) is 4.00. The van der Waals surface area contributed by atoms with Crippen molar-refractivity contribution >= 4 is 18.0 Å². The largest absolute Gasteiger partial charge is 0.480 e. The Morgan fingerprint density at radius 1 is 1.00 bits per heavy atom. The average molecular weight is 494 g/mol. The number of alkyl halides is 4. The van der Waals surface area contributed by atoms with Crippen LogP contribution < -0.4 is 10.6 Å². The van der Waals surface area contributed by atoms with Gasteiger partial charge in [0.15, 0.2) is 0 Å². The monoisotopic (exact) mass is 494 g/mol. The van der Waals surface area contributed by atoms with Crippen LogP contribution in [0.4, 0.5) is 22.4 Å². The number of hydrogen-bond donors (Lipinski definition) is 3. The molecule has 1 fully saturated rings. The van der Waals surface area contributed by atoms with E-state index in [0.717, 1.165) is 22.3 Å². The molecule has 2 aliphatic rings. The third-order valence-electron chi connectivity index (χ3n) is 6.32. The minimum atomic E-state index is -3.52. The lowest BCUT2D eigenvalue weighted by atomic mass is 9.98. The van der Waals surface area contributed by atoms with Gasteiger partial charge in [-0.1, -0.05) is 48.5 Å². The summed E-state index contributed by atoms with van der Waals surface area (Å²) in [6, 6.07) is 13.3. The van der Waals surface area contributed by atoms with Crippen LogP contribution in [0.3, 0.4) is 0 Å². The van der Waals surface area contributed by atoms with E-state index in [0.29, 0.717) is 0 Å². The summed E-state index contributed by atoms with van der Waals surface area (Å²) in [5, 5.41) is 12.8. The Morgan fingerprint density at radius 2 is 1.57 bits per heavy atom. The summed E-state index contributed by atoms with van der Waals surface area (Å²) in [4.78, 5) is 35.3. The van der Waals surface area contributed by atoms with Gasteiger partial charge in [0.05, 0.1) is 5.92 Å². The number of halogens is 4. The normalized spacial score (nSPS) is 20.5. The highest BCUT2D eigenvalue weighted by atomic mass is 19.3. The molecule has 4 rings (SSSR count). The van der Waals surface area contributed by atoms with Crippen molar-refractivity contribution in [2.75, 3.05) is 13.2 Å². The van der Waals surface area contributed by atoms with Crippen LogP contribution in [0.15, 0.2) is 48.5 Å². The summed E-state index contributed by atoms with van der Waals surface area (Å²) in [7, 11) is 0. The molecular weight excluding hydrogens is 472 g/mol. The van der Waals surface area contributed by atoms with Gasteiger partial charge in [-0.05, 0) is 22.3 Å². The minimum Gasteiger partial charge on any atom is -0.480 e. The van der Waals surface area contributed by atoms with E-state index < -0.39 is 61.2 Å². The predicted octanol–water partition coefficient (Wildman–Crippen LogP) is 3.63. The molecule has 2 aromatic rings. The molecule has 0 aliphatic heterocycles. The number of carbonyl (C=O) groups excluding carboxylic acids is 2. The Labute approximate surface area is 197 Å². The van der Waals surface area contributed by atoms with Gasteiger partial charge in [0.25, 0.3) is 5.92 Å². The standard InChI is InChI=1S/C24H22F4N2O5/c25-19(26)9-18(22(32)33)30-21(31)20-17(24(20,27)28)10-29-23(34)35-11-16-14-7-3-1-5-12(14)13-6-2-4-8-15(13)16/h1-8,16-20H,9-11H2,(H,29,34)(H,30,31)(H,32,33). The second-order valence-corrected chi connectivity index (χ2v) is 8.49. The maximum absolute atomic E-state index is 14.1. The maximum atomic E-state index is 14.1. The summed E-state index contributed by atoms with van der Waals surface area (Å²) in [5.74, 6) is -10.4. The van der Waals surface area contributed by atoms with E-state index in [2.05, 4.69) is 5.32 Å². The zero-order valence-corrected chi connectivity index (χ0v) is 18.2. The number of carboxylic acids is 1. The van der Waals surface area contributed by atoms with Gasteiger partial charge >= 0.3 is 12.1 Å². The predicted molar refractivity (Wildman–Crippen MR) is 115 cm³/mol. The van der Waals surface area contributed by atoms with E-state index in [4.69, 9.17) is 9.84 Å². The van der Waals surface area contributed by atoms with Gasteiger partial charge in [0, 0.05) is 18.9 Å². The Balaban J connectivity index is 1.31. The van der Waals surface area contributed by atoms with E-state index in [1.54, 1.807) is 5.32 Å². The van der Waals surface area contributed by atoms with Crippen LogP contribution in [-0.4, -0.2) is 54.6 Å². The zero-order valence-electron chi connectivity index (χ0n) is 18.2. The lowest BCUT2D eigenvalue weighted by Crippen LogP contribution is -2.43. The van der Waals surface area contributed by atoms with Crippen molar-refractivity contribution in [3.05, 3.63) is 59.7 Å². The van der Waals surface area contributed by atoms with Crippen LogP contribution in [0, 0.1) is 11.8 Å². The molecule has 2 aromatic carbocycles. The summed E-state index contributed by atoms with van der Waals surface area (Å²) >= 11 is 0. The first-order chi connectivity index (χ1) is 16.6. The number of carboxylic acid groups (broad SMARTS) is 1. The van der Waals surface area contributed by atoms with E-state index >= 15 is 0 Å². The molecule has 0 spiro atoms. The van der Waals surface area contributed by atoms with Gasteiger partial charge in [-0.3, -0.25) is 4.79 Å². The van der Waals surface area contributed by atoms with Crippen LogP contribution >= 0.6 is 0 Å². The van der Waals surface area contributed by atoms with Crippen molar-refractivity contribution in [2.45, 2.75) is 30.7 Å². The summed E-state index contributed by atoms with van der Waals surface area (Å²) in [6.07, 6.45) is -5.20. The number of aliphatic carboxylic acids is 1. The van der Waals surface area contributed by atoms with E-state index in [9.17, 15) is 31.9 Å². The average Bonchev–Trinajstić information content (AvgIpc) is 3.22. The Bertz CT molecular complexity index is 1100. The number of alkyl carbamates (subject to hydrolysis) is 1. The lowest BCUT2D eigenvalue weighted by molar-refractivity contribution is -0.143. The molecule has 3 unspecified atom stereocenters. The van der Waals surface area contributed by atoms with Gasteiger partial charge in [-0.2, -0.15) is 0 Å². The molecule has 7 nitrogen and oxygen atoms in total.